The van der Waals surface area contributed by atoms with Crippen molar-refractivity contribution in [3.63, 3.8) is 0 Å². The summed E-state index contributed by atoms with van der Waals surface area (Å²) >= 11 is 0. The first-order valence-corrected chi connectivity index (χ1v) is 15.3. The molecule has 3 aliphatic rings. The molecule has 6 rings (SSSR count). The van der Waals surface area contributed by atoms with Crippen LogP contribution in [0.4, 0.5) is 36.4 Å². The van der Waals surface area contributed by atoms with Crippen LogP contribution in [0.1, 0.15) is 58.5 Å². The zero-order chi connectivity index (χ0) is 33.9. The number of rotatable bonds is 8. The average Bonchev–Trinajstić information content (AvgIpc) is 3.54. The Kier molecular flexibility index (Phi) is 8.62. The SMILES string of the molecule is CC(C)[C@H]1CN(CC(F)(F)F)CCN1Cc1cc2c(c(C(F)(F)F)c1)CN(c1cccc(C3([C@H](F)c4nncn4C)COC3)c1)C2=O. The number of nitrogens with zero attached hydrogens (tertiary/aromatic N) is 6. The van der Waals surface area contributed by atoms with Gasteiger partial charge in [0, 0.05) is 50.5 Å². The molecule has 0 spiro atoms. The Bertz CT molecular complexity index is 1630. The second-order valence-corrected chi connectivity index (χ2v) is 13.1. The topological polar surface area (TPSA) is 66.7 Å². The lowest BCUT2D eigenvalue weighted by Gasteiger charge is -2.43. The molecule has 2 saturated heterocycles. The third kappa shape index (κ3) is 6.36. The van der Waals surface area contributed by atoms with Gasteiger partial charge in [0.2, 0.25) is 0 Å². The van der Waals surface area contributed by atoms with Gasteiger partial charge in [-0.3, -0.25) is 14.6 Å². The van der Waals surface area contributed by atoms with Gasteiger partial charge in [-0.2, -0.15) is 26.3 Å². The van der Waals surface area contributed by atoms with Crippen LogP contribution in [0.15, 0.2) is 42.7 Å². The minimum Gasteiger partial charge on any atom is -0.379 e. The lowest BCUT2D eigenvalue weighted by Crippen LogP contribution is -2.56. The molecule has 15 heteroatoms. The number of halogens is 7. The summed E-state index contributed by atoms with van der Waals surface area (Å²) in [5.41, 5.74) is -1.20. The number of ether oxygens (including phenoxy) is 1. The minimum atomic E-state index is -4.76. The van der Waals surface area contributed by atoms with Gasteiger partial charge in [-0.05, 0) is 46.9 Å². The molecular weight excluding hydrogens is 633 g/mol. The van der Waals surface area contributed by atoms with Gasteiger partial charge in [-0.1, -0.05) is 26.0 Å². The molecule has 0 radical (unpaired) electrons. The Morgan fingerprint density at radius 3 is 2.40 bits per heavy atom. The normalized spacial score (nSPS) is 21.3. The van der Waals surface area contributed by atoms with E-state index in [-0.39, 0.29) is 80.4 Å². The maximum atomic E-state index is 15.9. The van der Waals surface area contributed by atoms with E-state index in [0.717, 1.165) is 6.07 Å². The molecular formula is C32H35F7N6O2. The molecule has 0 N–H and O–H groups in total. The molecule has 1 aromatic heterocycles. The highest BCUT2D eigenvalue weighted by Gasteiger charge is 2.51. The summed E-state index contributed by atoms with van der Waals surface area (Å²) in [6.07, 6.45) is -9.32. The maximum absolute atomic E-state index is 15.9. The van der Waals surface area contributed by atoms with Crippen molar-refractivity contribution >= 4 is 11.6 Å². The van der Waals surface area contributed by atoms with Crippen molar-refractivity contribution in [2.24, 2.45) is 13.0 Å². The molecule has 3 aromatic rings. The zero-order valence-corrected chi connectivity index (χ0v) is 26.1. The predicted molar refractivity (Wildman–Crippen MR) is 157 cm³/mol. The summed E-state index contributed by atoms with van der Waals surface area (Å²) in [5, 5.41) is 7.67. The number of piperazine rings is 1. The Morgan fingerprint density at radius 2 is 1.81 bits per heavy atom. The van der Waals surface area contributed by atoms with Gasteiger partial charge >= 0.3 is 12.4 Å². The van der Waals surface area contributed by atoms with E-state index in [1.807, 2.05) is 18.7 Å². The monoisotopic (exact) mass is 668 g/mol. The lowest BCUT2D eigenvalue weighted by molar-refractivity contribution is -0.153. The van der Waals surface area contributed by atoms with E-state index < -0.39 is 42.0 Å². The number of amides is 1. The summed E-state index contributed by atoms with van der Waals surface area (Å²) < 4.78 is 105. The van der Waals surface area contributed by atoms with Gasteiger partial charge in [0.05, 0.1) is 37.3 Å². The maximum Gasteiger partial charge on any atom is 0.416 e. The summed E-state index contributed by atoms with van der Waals surface area (Å²) in [4.78, 5) is 18.3. The van der Waals surface area contributed by atoms with Crippen molar-refractivity contribution in [2.45, 2.75) is 56.9 Å². The van der Waals surface area contributed by atoms with Gasteiger partial charge in [0.25, 0.3) is 5.91 Å². The first-order valence-electron chi connectivity index (χ1n) is 15.3. The number of hydrogen-bond donors (Lipinski definition) is 0. The fraction of sp³-hybridized carbons (Fsp3) is 0.531. The molecule has 1 amide bonds. The number of alkyl halides is 7. The number of benzene rings is 2. The molecule has 254 valence electrons. The van der Waals surface area contributed by atoms with Gasteiger partial charge in [0.15, 0.2) is 12.0 Å². The first-order chi connectivity index (χ1) is 22.1. The number of aryl methyl sites for hydroxylation is 1. The van der Waals surface area contributed by atoms with Crippen molar-refractivity contribution in [2.75, 3.05) is 44.3 Å². The fourth-order valence-corrected chi connectivity index (χ4v) is 6.92. The molecule has 0 bridgehead atoms. The van der Waals surface area contributed by atoms with Gasteiger partial charge < -0.3 is 14.2 Å². The molecule has 2 atom stereocenters. The Hall–Kier alpha value is -3.56. The highest BCUT2D eigenvalue weighted by Crippen LogP contribution is 2.47. The van der Waals surface area contributed by atoms with Gasteiger partial charge in [-0.25, -0.2) is 4.39 Å². The number of aromatic nitrogens is 3. The highest BCUT2D eigenvalue weighted by molar-refractivity contribution is 6.10. The second-order valence-electron chi connectivity index (χ2n) is 13.1. The third-order valence-corrected chi connectivity index (χ3v) is 9.49. The van der Waals surface area contributed by atoms with Crippen LogP contribution in [0.3, 0.4) is 0 Å². The number of anilines is 1. The van der Waals surface area contributed by atoms with E-state index >= 15 is 4.39 Å². The van der Waals surface area contributed by atoms with Crippen LogP contribution >= 0.6 is 0 Å². The third-order valence-electron chi connectivity index (χ3n) is 9.49. The van der Waals surface area contributed by atoms with Gasteiger partial charge in [0.1, 0.15) is 6.33 Å². The number of fused-ring (bicyclic) bond motifs is 1. The molecule has 47 heavy (non-hydrogen) atoms. The summed E-state index contributed by atoms with van der Waals surface area (Å²) in [6, 6.07) is 8.71. The quantitative estimate of drug-likeness (QED) is 0.288. The van der Waals surface area contributed by atoms with E-state index in [2.05, 4.69) is 10.2 Å². The Balaban J connectivity index is 1.28. The van der Waals surface area contributed by atoms with E-state index in [0.29, 0.717) is 11.3 Å². The van der Waals surface area contributed by atoms with Crippen LogP contribution in [-0.4, -0.2) is 82.1 Å². The molecule has 2 aromatic carbocycles. The molecule has 0 unspecified atom stereocenters. The number of carbonyl (C=O) groups is 1. The second kappa shape index (κ2) is 12.2. The van der Waals surface area contributed by atoms with Gasteiger partial charge in [-0.15, -0.1) is 10.2 Å². The fourth-order valence-electron chi connectivity index (χ4n) is 6.92. The van der Waals surface area contributed by atoms with Crippen LogP contribution in [0, 0.1) is 5.92 Å². The number of hydrogen-bond acceptors (Lipinski definition) is 6. The van der Waals surface area contributed by atoms with Crippen molar-refractivity contribution in [3.8, 4) is 0 Å². The number of carbonyl (C=O) groups excluding carboxylic acids is 1. The van der Waals surface area contributed by atoms with Crippen LogP contribution in [0.25, 0.3) is 0 Å². The van der Waals surface area contributed by atoms with E-state index in [9.17, 15) is 31.1 Å². The standard InChI is InChI=1S/C32H35F7N6O2/c1-19(2)26-14-43(15-31(34,35)36)7-8-44(26)12-20-9-23-24(25(10-20)32(37,38)39)13-45(29(23)46)22-6-4-5-21(11-22)30(16-47-17-30)27(33)28-41-40-18-42(28)3/h4-6,9-11,18-19,26-27H,7-8,12-17H2,1-3H3/t26-,27-/m1/s1. The molecule has 2 fully saturated rings. The van der Waals surface area contributed by atoms with E-state index in [1.54, 1.807) is 31.3 Å². The van der Waals surface area contributed by atoms with Crippen LogP contribution in [0.2, 0.25) is 0 Å². The molecule has 0 aliphatic carbocycles. The Morgan fingerprint density at radius 1 is 1.06 bits per heavy atom. The zero-order valence-electron chi connectivity index (χ0n) is 26.1. The van der Waals surface area contributed by atoms with E-state index in [1.165, 1.54) is 26.8 Å². The lowest BCUT2D eigenvalue weighted by atomic mass is 9.74. The largest absolute Gasteiger partial charge is 0.416 e. The predicted octanol–water partition coefficient (Wildman–Crippen LogP) is 5.68. The van der Waals surface area contributed by atoms with Crippen molar-refractivity contribution in [1.29, 1.82) is 0 Å². The average molecular weight is 669 g/mol. The van der Waals surface area contributed by atoms with Crippen LogP contribution < -0.4 is 4.90 Å². The first kappa shape index (κ1) is 33.3. The summed E-state index contributed by atoms with van der Waals surface area (Å²) in [7, 11) is 1.62. The minimum absolute atomic E-state index is 0.0437. The van der Waals surface area contributed by atoms with Crippen LogP contribution in [-0.2, 0) is 36.5 Å². The van der Waals surface area contributed by atoms with Crippen molar-refractivity contribution in [3.05, 3.63) is 76.4 Å². The molecule has 3 aliphatic heterocycles. The van der Waals surface area contributed by atoms with Crippen LogP contribution in [0.5, 0.6) is 0 Å². The highest BCUT2D eigenvalue weighted by atomic mass is 19.4. The summed E-state index contributed by atoms with van der Waals surface area (Å²) in [6.45, 7) is 2.97. The smallest absolute Gasteiger partial charge is 0.379 e. The summed E-state index contributed by atoms with van der Waals surface area (Å²) in [5.74, 6) is -0.579. The molecule has 4 heterocycles. The Labute approximate surface area is 267 Å². The van der Waals surface area contributed by atoms with Crippen molar-refractivity contribution < 1.29 is 40.3 Å². The van der Waals surface area contributed by atoms with Crippen molar-refractivity contribution in [1.82, 2.24) is 24.6 Å². The molecule has 8 nitrogen and oxygen atoms in total. The van der Waals surface area contributed by atoms with E-state index in [4.69, 9.17) is 4.74 Å². The molecule has 0 saturated carbocycles.